The van der Waals surface area contributed by atoms with E-state index < -0.39 is 0 Å². The number of aliphatic hydroxyl groups excluding tert-OH is 1. The number of hydrogen-bond donors (Lipinski definition) is 3. The molecular formula is C12H19NO2. The van der Waals surface area contributed by atoms with E-state index in [0.717, 1.165) is 29.7 Å². The lowest BCUT2D eigenvalue weighted by Crippen LogP contribution is -2.14. The van der Waals surface area contributed by atoms with Crippen molar-refractivity contribution in [1.29, 1.82) is 0 Å². The van der Waals surface area contributed by atoms with Crippen molar-refractivity contribution < 1.29 is 10.2 Å². The smallest absolute Gasteiger partial charge is 0.120 e. The number of aliphatic hydroxyl groups is 1. The number of aryl methyl sites for hydroxylation is 1. The molecule has 1 aromatic carbocycles. The van der Waals surface area contributed by atoms with Crippen LogP contribution < -0.4 is 5.32 Å². The summed E-state index contributed by atoms with van der Waals surface area (Å²) in [4.78, 5) is 0. The summed E-state index contributed by atoms with van der Waals surface area (Å²) in [5.41, 5.74) is 2.78. The summed E-state index contributed by atoms with van der Waals surface area (Å²) in [5.74, 6) is 0.261. The fourth-order valence-corrected chi connectivity index (χ4v) is 1.70. The molecule has 84 valence electrons. The fourth-order valence-electron chi connectivity index (χ4n) is 1.70. The molecule has 1 aromatic rings. The number of nitrogens with one attached hydrogen (secondary N) is 1. The van der Waals surface area contributed by atoms with Gasteiger partial charge in [-0.05, 0) is 30.2 Å². The first kappa shape index (κ1) is 12.0. The highest BCUT2D eigenvalue weighted by atomic mass is 16.3. The van der Waals surface area contributed by atoms with Crippen molar-refractivity contribution in [1.82, 2.24) is 5.32 Å². The van der Waals surface area contributed by atoms with Gasteiger partial charge in [-0.3, -0.25) is 0 Å². The van der Waals surface area contributed by atoms with Crippen LogP contribution in [0.5, 0.6) is 5.75 Å². The summed E-state index contributed by atoms with van der Waals surface area (Å²) in [6.45, 7) is 5.49. The van der Waals surface area contributed by atoms with E-state index in [4.69, 9.17) is 0 Å². The van der Waals surface area contributed by atoms with E-state index in [0.29, 0.717) is 6.54 Å². The zero-order valence-electron chi connectivity index (χ0n) is 9.38. The molecular weight excluding hydrogens is 190 g/mol. The minimum absolute atomic E-state index is 0.0156. The topological polar surface area (TPSA) is 52.5 Å². The van der Waals surface area contributed by atoms with Crippen molar-refractivity contribution in [2.24, 2.45) is 0 Å². The lowest BCUT2D eigenvalue weighted by Gasteiger charge is -2.14. The Morgan fingerprint density at radius 2 is 1.93 bits per heavy atom. The van der Waals surface area contributed by atoms with E-state index in [1.54, 1.807) is 6.07 Å². The average Bonchev–Trinajstić information content (AvgIpc) is 2.27. The van der Waals surface area contributed by atoms with Crippen LogP contribution in [0.4, 0.5) is 0 Å². The Labute approximate surface area is 90.8 Å². The van der Waals surface area contributed by atoms with Gasteiger partial charge in [0.05, 0.1) is 6.61 Å². The van der Waals surface area contributed by atoms with Crippen LogP contribution in [0.15, 0.2) is 12.1 Å². The van der Waals surface area contributed by atoms with Crippen molar-refractivity contribution in [3.8, 4) is 5.75 Å². The molecule has 1 rings (SSSR count). The second-order valence-corrected chi connectivity index (χ2v) is 3.49. The molecule has 3 nitrogen and oxygen atoms in total. The minimum Gasteiger partial charge on any atom is -0.508 e. The maximum atomic E-state index is 9.72. The number of benzene rings is 1. The van der Waals surface area contributed by atoms with Gasteiger partial charge in [0, 0.05) is 12.1 Å². The summed E-state index contributed by atoms with van der Waals surface area (Å²) < 4.78 is 0. The molecule has 0 unspecified atom stereocenters. The third kappa shape index (κ3) is 2.70. The third-order valence-electron chi connectivity index (χ3n) is 2.59. The molecule has 0 fully saturated rings. The summed E-state index contributed by atoms with van der Waals surface area (Å²) in [6.07, 6.45) is 0.870. The lowest BCUT2D eigenvalue weighted by molar-refractivity contribution is 0.278. The molecule has 0 aliphatic carbocycles. The van der Waals surface area contributed by atoms with Gasteiger partial charge in [-0.2, -0.15) is 0 Å². The van der Waals surface area contributed by atoms with Crippen LogP contribution in [-0.4, -0.2) is 16.8 Å². The molecule has 0 aliphatic heterocycles. The highest BCUT2D eigenvalue weighted by molar-refractivity contribution is 5.44. The molecule has 0 aliphatic rings. The lowest BCUT2D eigenvalue weighted by atomic mass is 9.98. The van der Waals surface area contributed by atoms with Gasteiger partial charge < -0.3 is 15.5 Å². The summed E-state index contributed by atoms with van der Waals surface area (Å²) in [5, 5.41) is 22.2. The van der Waals surface area contributed by atoms with E-state index in [2.05, 4.69) is 5.32 Å². The Balaban J connectivity index is 3.07. The highest BCUT2D eigenvalue weighted by Gasteiger charge is 2.10. The first-order valence-electron chi connectivity index (χ1n) is 5.38. The maximum Gasteiger partial charge on any atom is 0.120 e. The molecule has 3 N–H and O–H groups in total. The molecule has 0 bridgehead atoms. The molecule has 0 spiro atoms. The molecule has 3 heteroatoms. The van der Waals surface area contributed by atoms with Crippen LogP contribution in [0.1, 0.15) is 30.5 Å². The van der Waals surface area contributed by atoms with E-state index >= 15 is 0 Å². The second kappa shape index (κ2) is 5.73. The Hall–Kier alpha value is -1.06. The number of aromatic hydroxyl groups is 1. The van der Waals surface area contributed by atoms with Gasteiger partial charge in [-0.1, -0.05) is 19.9 Å². The molecule has 0 atom stereocenters. The fraction of sp³-hybridized carbons (Fsp3) is 0.500. The standard InChI is InChI=1S/C12H19NO2/c1-3-9-5-6-12(15)10(7-13-4-2)11(9)8-14/h5-6,13-15H,3-4,7-8H2,1-2H3. The summed E-state index contributed by atoms with van der Waals surface area (Å²) in [6, 6.07) is 3.57. The summed E-state index contributed by atoms with van der Waals surface area (Å²) in [7, 11) is 0. The zero-order valence-corrected chi connectivity index (χ0v) is 9.38. The summed E-state index contributed by atoms with van der Waals surface area (Å²) >= 11 is 0. The Morgan fingerprint density at radius 3 is 2.47 bits per heavy atom. The van der Waals surface area contributed by atoms with Crippen LogP contribution in [0, 0.1) is 0 Å². The number of phenols is 1. The van der Waals surface area contributed by atoms with Gasteiger partial charge in [0.1, 0.15) is 5.75 Å². The first-order chi connectivity index (χ1) is 7.24. The van der Waals surface area contributed by atoms with Gasteiger partial charge in [-0.15, -0.1) is 0 Å². The monoisotopic (exact) mass is 209 g/mol. The van der Waals surface area contributed by atoms with E-state index in [1.165, 1.54) is 0 Å². The number of hydrogen-bond acceptors (Lipinski definition) is 3. The van der Waals surface area contributed by atoms with Crippen LogP contribution in [0.25, 0.3) is 0 Å². The molecule has 0 radical (unpaired) electrons. The average molecular weight is 209 g/mol. The van der Waals surface area contributed by atoms with Crippen LogP contribution in [-0.2, 0) is 19.6 Å². The van der Waals surface area contributed by atoms with Crippen LogP contribution in [0.3, 0.4) is 0 Å². The van der Waals surface area contributed by atoms with Gasteiger partial charge in [0.15, 0.2) is 0 Å². The molecule has 0 saturated heterocycles. The normalized spacial score (nSPS) is 10.6. The van der Waals surface area contributed by atoms with Gasteiger partial charge >= 0.3 is 0 Å². The Morgan fingerprint density at radius 1 is 1.20 bits per heavy atom. The van der Waals surface area contributed by atoms with Crippen molar-refractivity contribution in [3.63, 3.8) is 0 Å². The van der Waals surface area contributed by atoms with Gasteiger partial charge in [-0.25, -0.2) is 0 Å². The first-order valence-corrected chi connectivity index (χ1v) is 5.38. The van der Waals surface area contributed by atoms with Gasteiger partial charge in [0.25, 0.3) is 0 Å². The van der Waals surface area contributed by atoms with Crippen LogP contribution >= 0.6 is 0 Å². The Kier molecular flexibility index (Phi) is 4.59. The van der Waals surface area contributed by atoms with E-state index in [1.807, 2.05) is 19.9 Å². The second-order valence-electron chi connectivity index (χ2n) is 3.49. The zero-order chi connectivity index (χ0) is 11.3. The van der Waals surface area contributed by atoms with E-state index in [9.17, 15) is 10.2 Å². The van der Waals surface area contributed by atoms with Crippen molar-refractivity contribution >= 4 is 0 Å². The van der Waals surface area contributed by atoms with Crippen molar-refractivity contribution in [2.45, 2.75) is 33.4 Å². The third-order valence-corrected chi connectivity index (χ3v) is 2.59. The van der Waals surface area contributed by atoms with Crippen molar-refractivity contribution in [3.05, 3.63) is 28.8 Å². The predicted octanol–water partition coefficient (Wildman–Crippen LogP) is 1.56. The minimum atomic E-state index is -0.0156. The van der Waals surface area contributed by atoms with Crippen molar-refractivity contribution in [2.75, 3.05) is 6.54 Å². The quantitative estimate of drug-likeness (QED) is 0.689. The Bertz CT molecular complexity index is 324. The van der Waals surface area contributed by atoms with Crippen LogP contribution in [0.2, 0.25) is 0 Å². The SMILES string of the molecule is CCNCc1c(O)ccc(CC)c1CO. The molecule has 0 heterocycles. The molecule has 0 aromatic heterocycles. The molecule has 0 saturated carbocycles. The number of phenolic OH excluding ortho intramolecular Hbond substituents is 1. The number of rotatable bonds is 5. The van der Waals surface area contributed by atoms with Gasteiger partial charge in [0.2, 0.25) is 0 Å². The van der Waals surface area contributed by atoms with E-state index in [-0.39, 0.29) is 12.4 Å². The largest absolute Gasteiger partial charge is 0.508 e. The maximum absolute atomic E-state index is 9.72. The molecule has 0 amide bonds. The predicted molar refractivity (Wildman–Crippen MR) is 60.8 cm³/mol. The highest BCUT2D eigenvalue weighted by Crippen LogP contribution is 2.25. The molecule has 15 heavy (non-hydrogen) atoms.